The fourth-order valence-electron chi connectivity index (χ4n) is 3.56. The molecule has 31 heavy (non-hydrogen) atoms. The summed E-state index contributed by atoms with van der Waals surface area (Å²) >= 11 is 1.51. The van der Waals surface area contributed by atoms with E-state index in [2.05, 4.69) is 11.6 Å². The summed E-state index contributed by atoms with van der Waals surface area (Å²) in [6.45, 7) is 5.45. The van der Waals surface area contributed by atoms with Gasteiger partial charge in [0.05, 0.1) is 17.3 Å². The number of aliphatic imine (C=N–C) groups is 1. The smallest absolute Gasteiger partial charge is 0.338 e. The van der Waals surface area contributed by atoms with Gasteiger partial charge >= 0.3 is 5.97 Å². The van der Waals surface area contributed by atoms with Gasteiger partial charge < -0.3 is 9.47 Å². The molecule has 0 saturated carbocycles. The van der Waals surface area contributed by atoms with Gasteiger partial charge in [-0.05, 0) is 36.8 Å². The molecular formula is C24H22N2O4S. The van der Waals surface area contributed by atoms with Gasteiger partial charge in [-0.15, -0.1) is 0 Å². The minimum atomic E-state index is -0.635. The number of para-hydroxylation sites is 1. The van der Waals surface area contributed by atoms with Crippen molar-refractivity contribution in [2.24, 2.45) is 4.99 Å². The van der Waals surface area contributed by atoms with Gasteiger partial charge in [0.2, 0.25) is 5.91 Å². The van der Waals surface area contributed by atoms with Crippen molar-refractivity contribution in [2.45, 2.75) is 19.4 Å². The highest BCUT2D eigenvalue weighted by molar-refractivity contribution is 8.14. The fourth-order valence-corrected chi connectivity index (χ4v) is 4.56. The standard InChI is InChI=1S/C24H22N2O4S/c1-3-13-29-23(28)21-16(2)25-24-26(20(27)12-14-31-24)22(21)17-8-7-11-19(15-17)30-18-9-5-4-6-10-18/h3-11,15,22H,1,12-14H2,2H3/t22-/m1/s1. The summed E-state index contributed by atoms with van der Waals surface area (Å²) in [6.07, 6.45) is 1.89. The number of amides is 1. The molecule has 2 aromatic rings. The number of allylic oxidation sites excluding steroid dienone is 1. The van der Waals surface area contributed by atoms with Crippen LogP contribution in [-0.2, 0) is 14.3 Å². The highest BCUT2D eigenvalue weighted by Crippen LogP contribution is 2.41. The first-order valence-corrected chi connectivity index (χ1v) is 10.9. The summed E-state index contributed by atoms with van der Waals surface area (Å²) in [5.41, 5.74) is 1.64. The van der Waals surface area contributed by atoms with Crippen LogP contribution in [0.1, 0.15) is 24.9 Å². The molecule has 2 heterocycles. The number of amidine groups is 1. The van der Waals surface area contributed by atoms with E-state index in [4.69, 9.17) is 9.47 Å². The van der Waals surface area contributed by atoms with Crippen molar-refractivity contribution in [3.63, 3.8) is 0 Å². The number of esters is 1. The summed E-state index contributed by atoms with van der Waals surface area (Å²) in [5, 5.41) is 0.605. The van der Waals surface area contributed by atoms with Crippen LogP contribution in [0.25, 0.3) is 0 Å². The van der Waals surface area contributed by atoms with Crippen molar-refractivity contribution < 1.29 is 19.1 Å². The Hall–Kier alpha value is -3.32. The van der Waals surface area contributed by atoms with Gasteiger partial charge in [0.25, 0.3) is 0 Å². The van der Waals surface area contributed by atoms with E-state index in [1.807, 2.05) is 54.6 Å². The van der Waals surface area contributed by atoms with Crippen molar-refractivity contribution in [2.75, 3.05) is 12.4 Å². The molecule has 0 aromatic heterocycles. The quantitative estimate of drug-likeness (QED) is 0.480. The Morgan fingerprint density at radius 2 is 2.00 bits per heavy atom. The lowest BCUT2D eigenvalue weighted by Crippen LogP contribution is -2.45. The first-order chi connectivity index (χ1) is 15.1. The van der Waals surface area contributed by atoms with Crippen LogP contribution in [0.2, 0.25) is 0 Å². The minimum absolute atomic E-state index is 0.0709. The number of fused-ring (bicyclic) bond motifs is 1. The van der Waals surface area contributed by atoms with Gasteiger partial charge in [0.1, 0.15) is 18.1 Å². The Kier molecular flexibility index (Phi) is 6.23. The van der Waals surface area contributed by atoms with Gasteiger partial charge in [-0.25, -0.2) is 9.79 Å². The zero-order chi connectivity index (χ0) is 21.8. The number of rotatable bonds is 6. The zero-order valence-corrected chi connectivity index (χ0v) is 17.9. The van der Waals surface area contributed by atoms with E-state index in [0.717, 1.165) is 5.56 Å². The molecule has 2 aliphatic heterocycles. The van der Waals surface area contributed by atoms with Crippen LogP contribution >= 0.6 is 11.8 Å². The molecule has 7 heteroatoms. The topological polar surface area (TPSA) is 68.2 Å². The predicted octanol–water partition coefficient (Wildman–Crippen LogP) is 4.86. The first-order valence-electron chi connectivity index (χ1n) is 9.93. The Balaban J connectivity index is 1.76. The normalized spacial score (nSPS) is 18.2. The number of benzene rings is 2. The van der Waals surface area contributed by atoms with Gasteiger partial charge in [-0.3, -0.25) is 9.69 Å². The van der Waals surface area contributed by atoms with Gasteiger partial charge in [-0.1, -0.05) is 54.7 Å². The van der Waals surface area contributed by atoms with Crippen molar-refractivity contribution in [3.8, 4) is 11.5 Å². The van der Waals surface area contributed by atoms with Gasteiger partial charge in [0.15, 0.2) is 5.17 Å². The van der Waals surface area contributed by atoms with E-state index in [9.17, 15) is 9.59 Å². The maximum absolute atomic E-state index is 12.9. The molecule has 1 atom stereocenters. The Bertz CT molecular complexity index is 1080. The van der Waals surface area contributed by atoms with Crippen molar-refractivity contribution in [3.05, 3.63) is 84.1 Å². The van der Waals surface area contributed by atoms with Crippen LogP contribution in [0.4, 0.5) is 0 Å². The third-order valence-corrected chi connectivity index (χ3v) is 5.87. The summed E-state index contributed by atoms with van der Waals surface area (Å²) < 4.78 is 11.3. The Morgan fingerprint density at radius 1 is 1.23 bits per heavy atom. The number of carbonyl (C=O) groups excluding carboxylic acids is 2. The molecule has 1 amide bonds. The van der Waals surface area contributed by atoms with E-state index in [1.54, 1.807) is 11.8 Å². The molecule has 0 N–H and O–H groups in total. The van der Waals surface area contributed by atoms with Gasteiger partial charge in [0, 0.05) is 12.2 Å². The molecule has 2 aromatic carbocycles. The monoisotopic (exact) mass is 434 g/mol. The summed E-state index contributed by atoms with van der Waals surface area (Å²) in [5.74, 6) is 1.40. The number of carbonyl (C=O) groups is 2. The molecule has 2 aliphatic rings. The number of ether oxygens (including phenoxy) is 2. The second-order valence-corrected chi connectivity index (χ2v) is 8.10. The fraction of sp³-hybridized carbons (Fsp3) is 0.208. The van der Waals surface area contributed by atoms with E-state index in [1.165, 1.54) is 17.8 Å². The third kappa shape index (κ3) is 4.41. The SMILES string of the molecule is C=CCOC(=O)C1=C(C)N=C2SCCC(=O)N2[C@@H]1c1cccc(Oc2ccccc2)c1. The molecule has 4 rings (SSSR count). The lowest BCUT2D eigenvalue weighted by molar-refractivity contribution is -0.139. The third-order valence-electron chi connectivity index (χ3n) is 4.91. The number of nitrogens with zero attached hydrogens (tertiary/aromatic N) is 2. The molecular weight excluding hydrogens is 412 g/mol. The maximum Gasteiger partial charge on any atom is 0.338 e. The molecule has 0 spiro atoms. The van der Waals surface area contributed by atoms with Crippen LogP contribution in [0.15, 0.2) is 83.5 Å². The number of hydrogen-bond acceptors (Lipinski definition) is 6. The lowest BCUT2D eigenvalue weighted by Gasteiger charge is -2.38. The second-order valence-electron chi connectivity index (χ2n) is 7.03. The van der Waals surface area contributed by atoms with E-state index in [0.29, 0.717) is 40.1 Å². The highest BCUT2D eigenvalue weighted by atomic mass is 32.2. The Morgan fingerprint density at radius 3 is 2.77 bits per heavy atom. The predicted molar refractivity (Wildman–Crippen MR) is 121 cm³/mol. The van der Waals surface area contributed by atoms with Crippen LogP contribution in [0.3, 0.4) is 0 Å². The van der Waals surface area contributed by atoms with Crippen LogP contribution in [-0.4, -0.2) is 34.3 Å². The van der Waals surface area contributed by atoms with Crippen LogP contribution in [0.5, 0.6) is 11.5 Å². The minimum Gasteiger partial charge on any atom is -0.458 e. The van der Waals surface area contributed by atoms with E-state index in [-0.39, 0.29) is 12.5 Å². The molecule has 1 saturated heterocycles. The molecule has 0 unspecified atom stereocenters. The van der Waals surface area contributed by atoms with Crippen LogP contribution < -0.4 is 4.74 Å². The summed E-state index contributed by atoms with van der Waals surface area (Å²) in [7, 11) is 0. The zero-order valence-electron chi connectivity index (χ0n) is 17.1. The largest absolute Gasteiger partial charge is 0.458 e. The molecule has 1 fully saturated rings. The van der Waals surface area contributed by atoms with E-state index < -0.39 is 12.0 Å². The molecule has 6 nitrogen and oxygen atoms in total. The summed E-state index contributed by atoms with van der Waals surface area (Å²) in [4.78, 5) is 32.0. The van der Waals surface area contributed by atoms with Crippen LogP contribution in [0, 0.1) is 0 Å². The number of hydrogen-bond donors (Lipinski definition) is 0. The van der Waals surface area contributed by atoms with Gasteiger partial charge in [-0.2, -0.15) is 0 Å². The average Bonchev–Trinajstić information content (AvgIpc) is 2.77. The van der Waals surface area contributed by atoms with Crippen molar-refractivity contribution >= 4 is 28.8 Å². The van der Waals surface area contributed by atoms with E-state index >= 15 is 0 Å². The molecule has 158 valence electrons. The highest BCUT2D eigenvalue weighted by Gasteiger charge is 2.41. The van der Waals surface area contributed by atoms with Crippen molar-refractivity contribution in [1.82, 2.24) is 4.90 Å². The number of thioether (sulfide) groups is 1. The second kappa shape index (κ2) is 9.22. The average molecular weight is 435 g/mol. The maximum atomic E-state index is 12.9. The molecule has 0 radical (unpaired) electrons. The molecule has 0 aliphatic carbocycles. The lowest BCUT2D eigenvalue weighted by atomic mass is 9.94. The van der Waals surface area contributed by atoms with Crippen molar-refractivity contribution in [1.29, 1.82) is 0 Å². The Labute approximate surface area is 185 Å². The molecule has 0 bridgehead atoms. The summed E-state index contributed by atoms with van der Waals surface area (Å²) in [6, 6.07) is 16.2. The first kappa shape index (κ1) is 20.9.